The normalized spacial score (nSPS) is 15.1. The molecule has 0 aromatic heterocycles. The number of rotatable bonds is 4. The van der Waals surface area contributed by atoms with Crippen LogP contribution >= 0.6 is 24.0 Å². The van der Waals surface area contributed by atoms with Crippen LogP contribution in [0.15, 0.2) is 54.6 Å². The Balaban J connectivity index is 0.00000243. The number of hydrogen-bond acceptors (Lipinski definition) is 2. The van der Waals surface area contributed by atoms with Crippen LogP contribution in [-0.4, -0.2) is 41.9 Å². The van der Waals surface area contributed by atoms with Crippen LogP contribution in [0.5, 0.6) is 0 Å². The number of benzene rings is 2. The van der Waals surface area contributed by atoms with E-state index < -0.39 is 0 Å². The minimum Gasteiger partial charge on any atom is -0.337 e. The lowest BCUT2D eigenvalue weighted by atomic mass is 10.2. The molecule has 1 saturated heterocycles. The lowest BCUT2D eigenvalue weighted by molar-refractivity contribution is -0.127. The van der Waals surface area contributed by atoms with E-state index in [2.05, 4.69) is 4.90 Å². The van der Waals surface area contributed by atoms with E-state index in [4.69, 9.17) is 11.6 Å². The Labute approximate surface area is 164 Å². The van der Waals surface area contributed by atoms with E-state index in [1.165, 1.54) is 12.1 Å². The molecular weight excluding hydrogens is 374 g/mol. The Bertz CT molecular complexity index is 757. The van der Waals surface area contributed by atoms with E-state index >= 15 is 0 Å². The van der Waals surface area contributed by atoms with Crippen molar-refractivity contribution in [2.75, 3.05) is 26.2 Å². The van der Waals surface area contributed by atoms with E-state index in [0.717, 1.165) is 30.8 Å². The van der Waals surface area contributed by atoms with Crippen molar-refractivity contribution in [3.63, 3.8) is 0 Å². The molecule has 0 unspecified atom stereocenters. The van der Waals surface area contributed by atoms with Crippen molar-refractivity contribution >= 4 is 36.0 Å². The maximum absolute atomic E-state index is 13.0. The van der Waals surface area contributed by atoms with Gasteiger partial charge >= 0.3 is 0 Å². The number of carbonyl (C=O) groups excluding carboxylic acids is 1. The van der Waals surface area contributed by atoms with E-state index in [9.17, 15) is 9.18 Å². The van der Waals surface area contributed by atoms with Crippen LogP contribution in [-0.2, 0) is 11.3 Å². The summed E-state index contributed by atoms with van der Waals surface area (Å²) >= 11 is 5.94. The van der Waals surface area contributed by atoms with Crippen molar-refractivity contribution < 1.29 is 9.18 Å². The minimum atomic E-state index is -0.217. The molecule has 6 heteroatoms. The van der Waals surface area contributed by atoms with Gasteiger partial charge in [0, 0.05) is 43.8 Å². The van der Waals surface area contributed by atoms with E-state index in [0.29, 0.717) is 18.1 Å². The summed E-state index contributed by atoms with van der Waals surface area (Å²) in [6.45, 7) is 3.79. The zero-order chi connectivity index (χ0) is 17.6. The van der Waals surface area contributed by atoms with Gasteiger partial charge in [-0.15, -0.1) is 12.4 Å². The van der Waals surface area contributed by atoms with Gasteiger partial charge in [-0.1, -0.05) is 35.9 Å². The average Bonchev–Trinajstić information content (AvgIpc) is 2.62. The number of hydrogen-bond donors (Lipinski definition) is 0. The zero-order valence-corrected chi connectivity index (χ0v) is 15.8. The fourth-order valence-electron chi connectivity index (χ4n) is 2.86. The smallest absolute Gasteiger partial charge is 0.246 e. The summed E-state index contributed by atoms with van der Waals surface area (Å²) in [5, 5.41) is 0.656. The fourth-order valence-corrected chi connectivity index (χ4v) is 3.06. The Hall–Kier alpha value is -1.88. The molecule has 3 rings (SSSR count). The third kappa shape index (κ3) is 5.84. The molecule has 0 bridgehead atoms. The predicted octanol–water partition coefficient (Wildman–Crippen LogP) is 4.26. The first kappa shape index (κ1) is 20.4. The highest BCUT2D eigenvalue weighted by molar-refractivity contribution is 6.30. The lowest BCUT2D eigenvalue weighted by Gasteiger charge is -2.34. The second-order valence-corrected chi connectivity index (χ2v) is 6.55. The van der Waals surface area contributed by atoms with Crippen molar-refractivity contribution in [3.8, 4) is 0 Å². The van der Waals surface area contributed by atoms with Crippen LogP contribution in [0.1, 0.15) is 11.1 Å². The predicted molar refractivity (Wildman–Crippen MR) is 106 cm³/mol. The van der Waals surface area contributed by atoms with Crippen LogP contribution in [0.2, 0.25) is 5.02 Å². The molecule has 26 heavy (non-hydrogen) atoms. The monoisotopic (exact) mass is 394 g/mol. The second-order valence-electron chi connectivity index (χ2n) is 6.12. The minimum absolute atomic E-state index is 0. The first-order chi connectivity index (χ1) is 12.1. The van der Waals surface area contributed by atoms with Crippen LogP contribution in [0, 0.1) is 5.82 Å². The van der Waals surface area contributed by atoms with Gasteiger partial charge in [-0.2, -0.15) is 0 Å². The molecule has 0 N–H and O–H groups in total. The molecule has 0 saturated carbocycles. The van der Waals surface area contributed by atoms with Gasteiger partial charge in [-0.25, -0.2) is 4.39 Å². The summed E-state index contributed by atoms with van der Waals surface area (Å²) in [5.41, 5.74) is 2.00. The third-order valence-corrected chi connectivity index (χ3v) is 4.51. The van der Waals surface area contributed by atoms with E-state index in [1.807, 2.05) is 23.1 Å². The Morgan fingerprint density at radius 3 is 2.42 bits per heavy atom. The van der Waals surface area contributed by atoms with Gasteiger partial charge in [0.1, 0.15) is 5.82 Å². The van der Waals surface area contributed by atoms with Crippen LogP contribution in [0.4, 0.5) is 4.39 Å². The van der Waals surface area contributed by atoms with Gasteiger partial charge in [0.15, 0.2) is 0 Å². The molecular formula is C20H21Cl2FN2O. The topological polar surface area (TPSA) is 23.6 Å². The van der Waals surface area contributed by atoms with Gasteiger partial charge < -0.3 is 4.90 Å². The summed E-state index contributed by atoms with van der Waals surface area (Å²) in [7, 11) is 0. The molecule has 1 heterocycles. The SMILES string of the molecule is Cl.O=C(/C=C/c1cccc(Cl)c1)N1CCN(Cc2ccc(F)cc2)CC1. The van der Waals surface area contributed by atoms with Gasteiger partial charge in [0.2, 0.25) is 5.91 Å². The quantitative estimate of drug-likeness (QED) is 0.723. The van der Waals surface area contributed by atoms with Gasteiger partial charge in [0.25, 0.3) is 0 Å². The molecule has 138 valence electrons. The molecule has 0 atom stereocenters. The summed E-state index contributed by atoms with van der Waals surface area (Å²) in [4.78, 5) is 16.4. The fraction of sp³-hybridized carbons (Fsp3) is 0.250. The average molecular weight is 395 g/mol. The van der Waals surface area contributed by atoms with Crippen molar-refractivity contribution in [3.05, 3.63) is 76.6 Å². The molecule has 0 spiro atoms. The standard InChI is InChI=1S/C20H20ClFN2O.ClH/c21-18-3-1-2-16(14-18)6-9-20(25)24-12-10-23(11-13-24)15-17-4-7-19(22)8-5-17;/h1-9,14H,10-13,15H2;1H/b9-6+;. The summed E-state index contributed by atoms with van der Waals surface area (Å²) in [6, 6.07) is 14.0. The number of amides is 1. The maximum Gasteiger partial charge on any atom is 0.246 e. The molecule has 1 fully saturated rings. The third-order valence-electron chi connectivity index (χ3n) is 4.27. The van der Waals surface area contributed by atoms with Crippen molar-refractivity contribution in [1.29, 1.82) is 0 Å². The van der Waals surface area contributed by atoms with Crippen LogP contribution in [0.25, 0.3) is 6.08 Å². The van der Waals surface area contributed by atoms with Crippen molar-refractivity contribution in [2.45, 2.75) is 6.54 Å². The van der Waals surface area contributed by atoms with Crippen LogP contribution in [0.3, 0.4) is 0 Å². The summed E-state index contributed by atoms with van der Waals surface area (Å²) < 4.78 is 13.0. The Morgan fingerprint density at radius 2 is 1.77 bits per heavy atom. The first-order valence-electron chi connectivity index (χ1n) is 8.29. The van der Waals surface area contributed by atoms with E-state index in [1.54, 1.807) is 30.4 Å². The summed E-state index contributed by atoms with van der Waals surface area (Å²) in [5.74, 6) is -0.202. The maximum atomic E-state index is 13.0. The first-order valence-corrected chi connectivity index (χ1v) is 8.67. The number of carbonyl (C=O) groups is 1. The number of piperazine rings is 1. The van der Waals surface area contributed by atoms with Crippen LogP contribution < -0.4 is 0 Å². The largest absolute Gasteiger partial charge is 0.337 e. The van der Waals surface area contributed by atoms with E-state index in [-0.39, 0.29) is 24.1 Å². The Kier molecular flexibility index (Phi) is 7.64. The molecule has 0 radical (unpaired) electrons. The number of halogens is 3. The van der Waals surface area contributed by atoms with Gasteiger partial charge in [-0.05, 0) is 41.5 Å². The van der Waals surface area contributed by atoms with Crippen molar-refractivity contribution in [2.24, 2.45) is 0 Å². The molecule has 2 aromatic rings. The zero-order valence-electron chi connectivity index (χ0n) is 14.3. The van der Waals surface area contributed by atoms with Gasteiger partial charge in [0.05, 0.1) is 0 Å². The second kappa shape index (κ2) is 9.72. The highest BCUT2D eigenvalue weighted by atomic mass is 35.5. The Morgan fingerprint density at radius 1 is 1.08 bits per heavy atom. The highest BCUT2D eigenvalue weighted by Crippen LogP contribution is 2.13. The molecule has 1 amide bonds. The summed E-state index contributed by atoms with van der Waals surface area (Å²) in [6.07, 6.45) is 3.39. The molecule has 1 aliphatic heterocycles. The lowest BCUT2D eigenvalue weighted by Crippen LogP contribution is -2.47. The molecule has 0 aliphatic carbocycles. The molecule has 1 aliphatic rings. The van der Waals surface area contributed by atoms with Gasteiger partial charge in [-0.3, -0.25) is 9.69 Å². The molecule has 3 nitrogen and oxygen atoms in total. The highest BCUT2D eigenvalue weighted by Gasteiger charge is 2.19. The number of nitrogens with zero attached hydrogens (tertiary/aromatic N) is 2. The molecule has 2 aromatic carbocycles. The van der Waals surface area contributed by atoms with Crippen molar-refractivity contribution in [1.82, 2.24) is 9.80 Å².